The van der Waals surface area contributed by atoms with Gasteiger partial charge in [0.1, 0.15) is 5.82 Å². The maximum absolute atomic E-state index is 13.9. The summed E-state index contributed by atoms with van der Waals surface area (Å²) in [7, 11) is 6.96. The summed E-state index contributed by atoms with van der Waals surface area (Å²) in [6, 6.07) is 5.41. The van der Waals surface area contributed by atoms with Gasteiger partial charge in [0.05, 0.1) is 7.11 Å². The number of methoxy groups -OCH3 is 1. The molecule has 1 saturated heterocycles. The molecule has 2 N–H and O–H groups in total. The second kappa shape index (κ2) is 10.1. The van der Waals surface area contributed by atoms with Gasteiger partial charge in [0, 0.05) is 44.8 Å². The summed E-state index contributed by atoms with van der Waals surface area (Å²) in [5.74, 6) is 0.511. The number of hydrogen-bond donors (Lipinski definition) is 2. The molecule has 1 amide bonds. The largest absolute Gasteiger partial charge is 0.453 e. The van der Waals surface area contributed by atoms with Crippen molar-refractivity contribution in [1.82, 2.24) is 20.4 Å². The zero-order valence-corrected chi connectivity index (χ0v) is 16.6. The molecular formula is C19H30FN5O2. The van der Waals surface area contributed by atoms with E-state index >= 15 is 0 Å². The van der Waals surface area contributed by atoms with Gasteiger partial charge >= 0.3 is 6.09 Å². The molecule has 1 fully saturated rings. The van der Waals surface area contributed by atoms with Crippen molar-refractivity contribution in [3.05, 3.63) is 35.1 Å². The number of piperidine rings is 1. The molecule has 0 spiro atoms. The molecular weight excluding hydrogens is 349 g/mol. The van der Waals surface area contributed by atoms with Crippen LogP contribution >= 0.6 is 0 Å². The van der Waals surface area contributed by atoms with Crippen LogP contribution in [-0.2, 0) is 17.8 Å². The highest BCUT2D eigenvalue weighted by molar-refractivity contribution is 5.80. The van der Waals surface area contributed by atoms with Crippen LogP contribution < -0.4 is 10.6 Å². The highest BCUT2D eigenvalue weighted by Gasteiger charge is 2.23. The van der Waals surface area contributed by atoms with Crippen molar-refractivity contribution >= 4 is 12.1 Å². The molecule has 0 saturated carbocycles. The molecule has 7 nitrogen and oxygen atoms in total. The van der Waals surface area contributed by atoms with E-state index in [1.807, 2.05) is 25.1 Å². The van der Waals surface area contributed by atoms with Crippen LogP contribution in [-0.4, -0.2) is 69.2 Å². The van der Waals surface area contributed by atoms with E-state index in [9.17, 15) is 9.18 Å². The van der Waals surface area contributed by atoms with Crippen LogP contribution in [0.1, 0.15) is 24.0 Å². The number of rotatable bonds is 5. The molecule has 1 heterocycles. The van der Waals surface area contributed by atoms with Gasteiger partial charge in [0.25, 0.3) is 0 Å². The Morgan fingerprint density at radius 2 is 2.07 bits per heavy atom. The van der Waals surface area contributed by atoms with Crippen molar-refractivity contribution in [2.45, 2.75) is 32.0 Å². The number of guanidine groups is 1. The van der Waals surface area contributed by atoms with Crippen molar-refractivity contribution < 1.29 is 13.9 Å². The lowest BCUT2D eigenvalue weighted by molar-refractivity contribution is 0.111. The topological polar surface area (TPSA) is 69.2 Å². The maximum atomic E-state index is 13.9. The maximum Gasteiger partial charge on any atom is 0.409 e. The Bertz CT molecular complexity index is 658. The van der Waals surface area contributed by atoms with Gasteiger partial charge in [-0.2, -0.15) is 0 Å². The van der Waals surface area contributed by atoms with Crippen LogP contribution in [0.5, 0.6) is 0 Å². The Morgan fingerprint density at radius 3 is 2.67 bits per heavy atom. The first-order valence-electron chi connectivity index (χ1n) is 9.15. The average Bonchev–Trinajstić information content (AvgIpc) is 2.66. The molecule has 27 heavy (non-hydrogen) atoms. The van der Waals surface area contributed by atoms with Crippen LogP contribution in [0.15, 0.2) is 23.2 Å². The second-order valence-electron chi connectivity index (χ2n) is 6.97. The number of ether oxygens (including phenoxy) is 1. The van der Waals surface area contributed by atoms with Crippen LogP contribution in [0.25, 0.3) is 0 Å². The van der Waals surface area contributed by atoms with Gasteiger partial charge in [-0.15, -0.1) is 0 Å². The number of nitrogens with one attached hydrogen (secondary N) is 2. The number of carbonyl (C=O) groups is 1. The lowest BCUT2D eigenvalue weighted by Crippen LogP contribution is -2.49. The first-order valence-corrected chi connectivity index (χ1v) is 9.15. The minimum absolute atomic E-state index is 0.188. The zero-order chi connectivity index (χ0) is 19.8. The van der Waals surface area contributed by atoms with Crippen LogP contribution in [0.2, 0.25) is 0 Å². The van der Waals surface area contributed by atoms with E-state index in [0.717, 1.165) is 18.4 Å². The molecule has 8 heteroatoms. The van der Waals surface area contributed by atoms with E-state index in [0.29, 0.717) is 37.7 Å². The number of halogens is 1. The van der Waals surface area contributed by atoms with Gasteiger partial charge in [-0.25, -0.2) is 9.18 Å². The smallest absolute Gasteiger partial charge is 0.409 e. The molecule has 0 aromatic heterocycles. The number of hydrogen-bond acceptors (Lipinski definition) is 4. The Labute approximate surface area is 160 Å². The Kier molecular flexibility index (Phi) is 7.84. The minimum atomic E-state index is -0.277. The number of likely N-dealkylation sites (tertiary alicyclic amines) is 1. The predicted octanol–water partition coefficient (Wildman–Crippen LogP) is 1.78. The van der Waals surface area contributed by atoms with E-state index in [1.54, 1.807) is 18.0 Å². The van der Waals surface area contributed by atoms with Crippen molar-refractivity contribution in [2.24, 2.45) is 4.99 Å². The number of nitrogens with zero attached hydrogens (tertiary/aromatic N) is 3. The van der Waals surface area contributed by atoms with Gasteiger partial charge < -0.3 is 25.2 Å². The normalized spacial score (nSPS) is 15.8. The Balaban J connectivity index is 1.85. The van der Waals surface area contributed by atoms with Gasteiger partial charge in [-0.05, 0) is 44.6 Å². The van der Waals surface area contributed by atoms with E-state index < -0.39 is 0 Å². The van der Waals surface area contributed by atoms with Crippen LogP contribution in [0, 0.1) is 5.82 Å². The summed E-state index contributed by atoms with van der Waals surface area (Å²) in [4.78, 5) is 19.5. The Morgan fingerprint density at radius 1 is 1.37 bits per heavy atom. The lowest BCUT2D eigenvalue weighted by atomic mass is 10.1. The molecule has 0 unspecified atom stereocenters. The predicted molar refractivity (Wildman–Crippen MR) is 104 cm³/mol. The third-order valence-electron chi connectivity index (χ3n) is 4.55. The van der Waals surface area contributed by atoms with E-state index in [4.69, 9.17) is 4.74 Å². The van der Waals surface area contributed by atoms with Crippen molar-refractivity contribution in [2.75, 3.05) is 41.3 Å². The molecule has 150 valence electrons. The number of amides is 1. The fourth-order valence-corrected chi connectivity index (χ4v) is 3.11. The summed E-state index contributed by atoms with van der Waals surface area (Å²) in [6.45, 7) is 2.44. The number of aliphatic imine (C=N–C) groups is 1. The average molecular weight is 379 g/mol. The number of carbonyl (C=O) groups excluding carboxylic acids is 1. The summed E-state index contributed by atoms with van der Waals surface area (Å²) in [5, 5.41) is 6.67. The third-order valence-corrected chi connectivity index (χ3v) is 4.55. The highest BCUT2D eigenvalue weighted by atomic mass is 19.1. The zero-order valence-electron chi connectivity index (χ0n) is 16.6. The Hall–Kier alpha value is -2.35. The molecule has 1 aliphatic heterocycles. The summed E-state index contributed by atoms with van der Waals surface area (Å²) in [6.07, 6.45) is 1.39. The van der Waals surface area contributed by atoms with Gasteiger partial charge in [0.15, 0.2) is 5.96 Å². The third kappa shape index (κ3) is 6.39. The standard InChI is InChI=1S/C19H30FN5O2/c1-21-18(23-16-7-9-25(10-8-16)19(26)27-4)22-12-14-5-6-17(20)15(11-14)13-24(2)3/h5-6,11,16H,7-10,12-13H2,1-4H3,(H2,21,22,23). The minimum Gasteiger partial charge on any atom is -0.453 e. The second-order valence-corrected chi connectivity index (χ2v) is 6.97. The molecule has 0 atom stereocenters. The lowest BCUT2D eigenvalue weighted by Gasteiger charge is -2.32. The van der Waals surface area contributed by atoms with E-state index in [-0.39, 0.29) is 18.0 Å². The fourth-order valence-electron chi connectivity index (χ4n) is 3.11. The van der Waals surface area contributed by atoms with Gasteiger partial charge in [0.2, 0.25) is 0 Å². The monoisotopic (exact) mass is 379 g/mol. The van der Waals surface area contributed by atoms with Gasteiger partial charge in [-0.3, -0.25) is 4.99 Å². The molecule has 1 aliphatic rings. The summed E-state index contributed by atoms with van der Waals surface area (Å²) < 4.78 is 18.7. The number of benzene rings is 1. The van der Waals surface area contributed by atoms with Crippen LogP contribution in [0.4, 0.5) is 9.18 Å². The first kappa shape index (κ1) is 21.0. The van der Waals surface area contributed by atoms with Crippen molar-refractivity contribution in [1.29, 1.82) is 0 Å². The van der Waals surface area contributed by atoms with Crippen molar-refractivity contribution in [3.63, 3.8) is 0 Å². The van der Waals surface area contributed by atoms with Crippen molar-refractivity contribution in [3.8, 4) is 0 Å². The van der Waals surface area contributed by atoms with Gasteiger partial charge in [-0.1, -0.05) is 6.07 Å². The quantitative estimate of drug-likeness (QED) is 0.603. The molecule has 2 rings (SSSR count). The fraction of sp³-hybridized carbons (Fsp3) is 0.579. The molecule has 0 bridgehead atoms. The molecule has 1 aromatic carbocycles. The van der Waals surface area contributed by atoms with E-state index in [2.05, 4.69) is 15.6 Å². The molecule has 1 aromatic rings. The van der Waals surface area contributed by atoms with Crippen LogP contribution in [0.3, 0.4) is 0 Å². The summed E-state index contributed by atoms with van der Waals surface area (Å²) in [5.41, 5.74) is 1.68. The highest BCUT2D eigenvalue weighted by Crippen LogP contribution is 2.13. The molecule has 0 aliphatic carbocycles. The van der Waals surface area contributed by atoms with E-state index in [1.165, 1.54) is 13.2 Å². The summed E-state index contributed by atoms with van der Waals surface area (Å²) >= 11 is 0. The SMILES string of the molecule is CN=C(NCc1ccc(F)c(CN(C)C)c1)NC1CCN(C(=O)OC)CC1. The molecule has 0 radical (unpaired) electrons. The first-order chi connectivity index (χ1) is 12.9.